The SMILES string of the molecule is COC(=O)C1=CC=CC1.[Li][Si](C)(C)C. The van der Waals surface area contributed by atoms with Crippen LogP contribution < -0.4 is 0 Å². The summed E-state index contributed by atoms with van der Waals surface area (Å²) in [6.45, 7) is 6.98. The van der Waals surface area contributed by atoms with Crippen molar-refractivity contribution >= 4 is 29.4 Å². The van der Waals surface area contributed by atoms with Crippen molar-refractivity contribution in [3.63, 3.8) is 0 Å². The molecule has 0 heterocycles. The van der Waals surface area contributed by atoms with Gasteiger partial charge in [-0.2, -0.15) is 0 Å². The van der Waals surface area contributed by atoms with Crippen LogP contribution in [-0.4, -0.2) is 36.5 Å². The average Bonchev–Trinajstić information content (AvgIpc) is 2.51. The van der Waals surface area contributed by atoms with Crippen molar-refractivity contribution in [1.82, 2.24) is 0 Å². The summed E-state index contributed by atoms with van der Waals surface area (Å²) in [4.78, 5) is 10.7. The molecule has 0 saturated carbocycles. The van der Waals surface area contributed by atoms with Crippen molar-refractivity contribution in [2.75, 3.05) is 7.11 Å². The normalized spacial score (nSPS) is 14.3. The fourth-order valence-corrected chi connectivity index (χ4v) is 0.730. The molecule has 2 nitrogen and oxygen atoms in total. The van der Waals surface area contributed by atoms with Crippen LogP contribution in [0.1, 0.15) is 6.42 Å². The summed E-state index contributed by atoms with van der Waals surface area (Å²) in [6.07, 6.45) is 5.65. The van der Waals surface area contributed by atoms with E-state index in [4.69, 9.17) is 0 Å². The summed E-state index contributed by atoms with van der Waals surface area (Å²) >= 11 is 2.33. The maximum absolute atomic E-state index is 10.7. The Kier molecular flexibility index (Phi) is 6.18. The molecule has 0 saturated heterocycles. The summed E-state index contributed by atoms with van der Waals surface area (Å²) in [6, 6.07) is 0. The molecule has 74 valence electrons. The van der Waals surface area contributed by atoms with E-state index in [1.807, 2.05) is 12.2 Å². The number of esters is 1. The van der Waals surface area contributed by atoms with E-state index in [0.29, 0.717) is 6.42 Å². The quantitative estimate of drug-likeness (QED) is 0.482. The van der Waals surface area contributed by atoms with Gasteiger partial charge in [-0.1, -0.05) is 18.2 Å². The molecule has 0 spiro atoms. The molecule has 0 amide bonds. The zero-order chi connectivity index (χ0) is 11.2. The Morgan fingerprint density at radius 2 is 2.00 bits per heavy atom. The van der Waals surface area contributed by atoms with Gasteiger partial charge in [0.05, 0.1) is 7.11 Å². The summed E-state index contributed by atoms with van der Waals surface area (Å²) in [7, 11) is 1.39. The summed E-state index contributed by atoms with van der Waals surface area (Å²) in [5.74, 6) is -0.222. The number of allylic oxidation sites excluding steroid dienone is 3. The Labute approximate surface area is 96.0 Å². The molecule has 0 aliphatic heterocycles. The molecule has 0 aromatic heterocycles. The zero-order valence-corrected chi connectivity index (χ0v) is 10.8. The summed E-state index contributed by atoms with van der Waals surface area (Å²) in [5.41, 5.74) is 0.734. The van der Waals surface area contributed by atoms with E-state index in [2.05, 4.69) is 41.4 Å². The van der Waals surface area contributed by atoms with E-state index in [0.717, 1.165) is 5.57 Å². The molecule has 0 fully saturated rings. The molecular formula is C10H17LiO2Si. The molecule has 4 heteroatoms. The fraction of sp³-hybridized carbons (Fsp3) is 0.500. The van der Waals surface area contributed by atoms with Crippen molar-refractivity contribution in [2.24, 2.45) is 0 Å². The topological polar surface area (TPSA) is 26.3 Å². The molecule has 0 N–H and O–H groups in total. The molecule has 1 aliphatic carbocycles. The van der Waals surface area contributed by atoms with Crippen LogP contribution in [0.3, 0.4) is 0 Å². The van der Waals surface area contributed by atoms with Gasteiger partial charge in [0, 0.05) is 5.57 Å². The van der Waals surface area contributed by atoms with Gasteiger partial charge in [0.15, 0.2) is 0 Å². The molecule has 14 heavy (non-hydrogen) atoms. The third-order valence-electron chi connectivity index (χ3n) is 1.22. The minimum absolute atomic E-state index is 0.222. The maximum atomic E-state index is 10.7. The van der Waals surface area contributed by atoms with Crippen LogP contribution in [0.15, 0.2) is 23.8 Å². The van der Waals surface area contributed by atoms with Crippen LogP contribution in [0.25, 0.3) is 0 Å². The van der Waals surface area contributed by atoms with Crippen molar-refractivity contribution in [3.8, 4) is 0 Å². The van der Waals surface area contributed by atoms with Crippen LogP contribution >= 0.6 is 0 Å². The van der Waals surface area contributed by atoms with Crippen LogP contribution in [0, 0.1) is 0 Å². The van der Waals surface area contributed by atoms with Gasteiger partial charge in [-0.15, -0.1) is 0 Å². The second-order valence-corrected chi connectivity index (χ2v) is 10.8. The van der Waals surface area contributed by atoms with E-state index in [9.17, 15) is 4.79 Å². The van der Waals surface area contributed by atoms with Crippen molar-refractivity contribution in [3.05, 3.63) is 23.8 Å². The van der Waals surface area contributed by atoms with Crippen LogP contribution in [0.5, 0.6) is 0 Å². The number of rotatable bonds is 1. The van der Waals surface area contributed by atoms with Crippen molar-refractivity contribution < 1.29 is 9.53 Å². The second kappa shape index (κ2) is 6.29. The first-order valence-corrected chi connectivity index (χ1v) is 8.78. The Balaban J connectivity index is 0.000000292. The van der Waals surface area contributed by atoms with Crippen molar-refractivity contribution in [1.29, 1.82) is 0 Å². The zero-order valence-electron chi connectivity index (χ0n) is 9.76. The average molecular weight is 204 g/mol. The third-order valence-corrected chi connectivity index (χ3v) is 1.22. The number of carbonyl (C=O) groups excluding carboxylic acids is 1. The predicted molar refractivity (Wildman–Crippen MR) is 63.0 cm³/mol. The second-order valence-electron chi connectivity index (χ2n) is 4.82. The van der Waals surface area contributed by atoms with E-state index >= 15 is 0 Å². The van der Waals surface area contributed by atoms with Gasteiger partial charge in [0.2, 0.25) is 0 Å². The third kappa shape index (κ3) is 8.37. The number of methoxy groups -OCH3 is 1. The summed E-state index contributed by atoms with van der Waals surface area (Å²) in [5, 5.41) is 0. The van der Waals surface area contributed by atoms with E-state index in [-0.39, 0.29) is 5.97 Å². The van der Waals surface area contributed by atoms with Gasteiger partial charge >= 0.3 is 49.0 Å². The van der Waals surface area contributed by atoms with Gasteiger partial charge in [0.1, 0.15) is 0 Å². The van der Waals surface area contributed by atoms with Gasteiger partial charge in [-0.05, 0) is 6.42 Å². The van der Waals surface area contributed by atoms with E-state index in [1.54, 1.807) is 6.08 Å². The Hall–Kier alpha value is -0.236. The van der Waals surface area contributed by atoms with Crippen molar-refractivity contribution in [2.45, 2.75) is 26.1 Å². The predicted octanol–water partition coefficient (Wildman–Crippen LogP) is 2.04. The van der Waals surface area contributed by atoms with Gasteiger partial charge < -0.3 is 4.74 Å². The minimum atomic E-state index is -0.611. The monoisotopic (exact) mass is 204 g/mol. The number of carbonyl (C=O) groups is 1. The van der Waals surface area contributed by atoms with E-state index < -0.39 is 6.40 Å². The van der Waals surface area contributed by atoms with Gasteiger partial charge in [-0.25, -0.2) is 4.79 Å². The molecular weight excluding hydrogens is 187 g/mol. The fourth-order valence-electron chi connectivity index (χ4n) is 0.730. The first-order chi connectivity index (χ1) is 6.34. The van der Waals surface area contributed by atoms with Crippen LogP contribution in [0.2, 0.25) is 19.6 Å². The molecule has 1 rings (SSSR count). The summed E-state index contributed by atoms with van der Waals surface area (Å²) < 4.78 is 4.49. The molecule has 0 bridgehead atoms. The molecule has 0 atom stereocenters. The van der Waals surface area contributed by atoms with Gasteiger partial charge in [-0.3, -0.25) is 0 Å². The number of ether oxygens (including phenoxy) is 1. The Morgan fingerprint density at radius 1 is 1.50 bits per heavy atom. The Morgan fingerprint density at radius 3 is 2.29 bits per heavy atom. The van der Waals surface area contributed by atoms with Crippen LogP contribution in [0.4, 0.5) is 0 Å². The number of hydrogen-bond acceptors (Lipinski definition) is 2. The molecule has 1 aliphatic rings. The molecule has 0 aromatic carbocycles. The van der Waals surface area contributed by atoms with Crippen LogP contribution in [-0.2, 0) is 9.53 Å². The Bertz CT molecular complexity index is 245. The first-order valence-electron chi connectivity index (χ1n) is 4.78. The standard InChI is InChI=1S/C7H8O2.C3H9Si.Li/c1-9-7(8)6-4-2-3-5-6;1-4(2)3;/h2-4H,5H2,1H3;1-3H3;. The molecule has 0 unspecified atom stereocenters. The first kappa shape index (κ1) is 13.8. The molecule has 0 aromatic rings. The van der Waals surface area contributed by atoms with E-state index in [1.165, 1.54) is 7.11 Å². The number of hydrogen-bond donors (Lipinski definition) is 0. The van der Waals surface area contributed by atoms with Gasteiger partial charge in [0.25, 0.3) is 0 Å². The molecule has 0 radical (unpaired) electrons.